The number of thiazole rings is 1. The maximum atomic E-state index is 13.2. The lowest BCUT2D eigenvalue weighted by atomic mass is 9.98. The van der Waals surface area contributed by atoms with Crippen LogP contribution >= 0.6 is 11.3 Å². The van der Waals surface area contributed by atoms with Gasteiger partial charge in [-0.3, -0.25) is 9.59 Å². The third-order valence-electron chi connectivity index (χ3n) is 3.56. The molecule has 1 saturated heterocycles. The van der Waals surface area contributed by atoms with Gasteiger partial charge in [0.25, 0.3) is 5.91 Å². The van der Waals surface area contributed by atoms with Gasteiger partial charge in [0.2, 0.25) is 5.91 Å². The smallest absolute Gasteiger partial charge is 0.254 e. The third kappa shape index (κ3) is 3.21. The maximum absolute atomic E-state index is 13.2. The topological polar surface area (TPSA) is 62.3 Å². The number of hydrogen-bond donors (Lipinski definition) is 1. The maximum Gasteiger partial charge on any atom is 0.254 e. The highest BCUT2D eigenvalue weighted by atomic mass is 32.1. The molecule has 0 unspecified atom stereocenters. The summed E-state index contributed by atoms with van der Waals surface area (Å²) in [6, 6.07) is 3.01. The number of benzene rings is 1. The Balaban J connectivity index is 1.56. The first kappa shape index (κ1) is 15.5. The summed E-state index contributed by atoms with van der Waals surface area (Å²) in [4.78, 5) is 30.6. The molecule has 0 spiro atoms. The van der Waals surface area contributed by atoms with Gasteiger partial charge in [0.05, 0.1) is 5.92 Å². The van der Waals surface area contributed by atoms with E-state index in [-0.39, 0.29) is 30.5 Å². The number of amides is 2. The molecule has 120 valence electrons. The lowest BCUT2D eigenvalue weighted by Gasteiger charge is -2.38. The molecule has 1 aromatic carbocycles. The Kier molecular flexibility index (Phi) is 4.08. The summed E-state index contributed by atoms with van der Waals surface area (Å²) in [5.74, 6) is -3.01. The highest BCUT2D eigenvalue weighted by Gasteiger charge is 2.36. The third-order valence-corrected chi connectivity index (χ3v) is 4.39. The van der Waals surface area contributed by atoms with Crippen LogP contribution in [0.15, 0.2) is 24.4 Å². The van der Waals surface area contributed by atoms with E-state index < -0.39 is 17.5 Å². The van der Waals surface area contributed by atoms with E-state index in [1.165, 1.54) is 22.3 Å². The second-order valence-corrected chi connectivity index (χ2v) is 6.54. The summed E-state index contributed by atoms with van der Waals surface area (Å²) in [5.41, 5.74) is 0.0679. The number of aromatic nitrogens is 1. The summed E-state index contributed by atoms with van der Waals surface area (Å²) in [5, 5.41) is 3.23. The number of rotatable bonds is 3. The number of aryl methyl sites for hydroxylation is 1. The second-order valence-electron chi connectivity index (χ2n) is 5.30. The summed E-state index contributed by atoms with van der Waals surface area (Å²) >= 11 is 1.37. The van der Waals surface area contributed by atoms with Gasteiger partial charge in [-0.25, -0.2) is 13.8 Å². The number of nitrogens with one attached hydrogen (secondary N) is 1. The molecule has 1 N–H and O–H groups in total. The van der Waals surface area contributed by atoms with Crippen molar-refractivity contribution in [2.45, 2.75) is 6.92 Å². The molecule has 3 rings (SSSR count). The van der Waals surface area contributed by atoms with E-state index in [2.05, 4.69) is 10.3 Å². The van der Waals surface area contributed by atoms with E-state index in [4.69, 9.17) is 0 Å². The average Bonchev–Trinajstić information content (AvgIpc) is 2.85. The van der Waals surface area contributed by atoms with Crippen molar-refractivity contribution in [3.8, 4) is 0 Å². The minimum absolute atomic E-state index is 0.0679. The fourth-order valence-corrected chi connectivity index (χ4v) is 2.91. The van der Waals surface area contributed by atoms with Crippen LogP contribution in [0.1, 0.15) is 15.2 Å². The monoisotopic (exact) mass is 337 g/mol. The average molecular weight is 337 g/mol. The normalized spacial score (nSPS) is 14.5. The quantitative estimate of drug-likeness (QED) is 0.936. The van der Waals surface area contributed by atoms with Gasteiger partial charge in [-0.1, -0.05) is 0 Å². The number of nitrogens with zero attached hydrogens (tertiary/aromatic N) is 2. The molecule has 2 aromatic rings. The zero-order valence-corrected chi connectivity index (χ0v) is 13.0. The van der Waals surface area contributed by atoms with Gasteiger partial charge in [0.15, 0.2) is 16.8 Å². The van der Waals surface area contributed by atoms with E-state index in [9.17, 15) is 18.4 Å². The SMILES string of the molecule is Cc1cnc(NC(=O)C2CN(C(=O)c3ccc(F)c(F)c3)C2)s1. The number of carbonyl (C=O) groups is 2. The summed E-state index contributed by atoms with van der Waals surface area (Å²) in [6.07, 6.45) is 1.67. The van der Waals surface area contributed by atoms with Crippen molar-refractivity contribution in [3.63, 3.8) is 0 Å². The number of likely N-dealkylation sites (tertiary alicyclic amines) is 1. The van der Waals surface area contributed by atoms with Crippen LogP contribution in [0, 0.1) is 24.5 Å². The first-order valence-corrected chi connectivity index (χ1v) is 7.73. The molecule has 0 aliphatic carbocycles. The standard InChI is InChI=1S/C15H13F2N3O2S/c1-8-5-18-15(23-8)19-13(21)10-6-20(7-10)14(22)9-2-3-11(16)12(17)4-9/h2-5,10H,6-7H2,1H3,(H,18,19,21). The van der Waals surface area contributed by atoms with Crippen molar-refractivity contribution in [2.75, 3.05) is 18.4 Å². The molecule has 2 amide bonds. The Morgan fingerprint density at radius 3 is 2.65 bits per heavy atom. The van der Waals surface area contributed by atoms with Gasteiger partial charge in [-0.15, -0.1) is 11.3 Å². The first-order valence-electron chi connectivity index (χ1n) is 6.91. The summed E-state index contributed by atoms with van der Waals surface area (Å²) in [6.45, 7) is 2.38. The Morgan fingerprint density at radius 2 is 2.04 bits per heavy atom. The minimum Gasteiger partial charge on any atom is -0.337 e. The van der Waals surface area contributed by atoms with Crippen molar-refractivity contribution in [1.29, 1.82) is 0 Å². The van der Waals surface area contributed by atoms with E-state index in [0.29, 0.717) is 5.13 Å². The molecular weight excluding hydrogens is 324 g/mol. The molecule has 1 aromatic heterocycles. The molecule has 23 heavy (non-hydrogen) atoms. The number of hydrogen-bond acceptors (Lipinski definition) is 4. The molecule has 0 bridgehead atoms. The van der Waals surface area contributed by atoms with Gasteiger partial charge in [0.1, 0.15) is 0 Å². The lowest BCUT2D eigenvalue weighted by molar-refractivity contribution is -0.123. The summed E-state index contributed by atoms with van der Waals surface area (Å²) in [7, 11) is 0. The molecule has 0 radical (unpaired) electrons. The molecule has 8 heteroatoms. The van der Waals surface area contributed by atoms with Gasteiger partial charge in [-0.05, 0) is 25.1 Å². The molecular formula is C15H13F2N3O2S. The molecule has 5 nitrogen and oxygen atoms in total. The van der Waals surface area contributed by atoms with Gasteiger partial charge < -0.3 is 10.2 Å². The highest BCUT2D eigenvalue weighted by molar-refractivity contribution is 7.15. The van der Waals surface area contributed by atoms with Crippen molar-refractivity contribution in [1.82, 2.24) is 9.88 Å². The van der Waals surface area contributed by atoms with Crippen molar-refractivity contribution >= 4 is 28.3 Å². The van der Waals surface area contributed by atoms with E-state index in [1.807, 2.05) is 6.92 Å². The molecule has 0 atom stereocenters. The Labute approximate surface area is 134 Å². The fraction of sp³-hybridized carbons (Fsp3) is 0.267. The molecule has 0 saturated carbocycles. The lowest BCUT2D eigenvalue weighted by Crippen LogP contribution is -2.54. The Hall–Kier alpha value is -2.35. The van der Waals surface area contributed by atoms with E-state index in [1.54, 1.807) is 6.20 Å². The second kappa shape index (κ2) is 6.04. The molecule has 2 heterocycles. The predicted octanol–water partition coefficient (Wildman–Crippen LogP) is 2.44. The van der Waals surface area contributed by atoms with Crippen LogP contribution in [0.25, 0.3) is 0 Å². The van der Waals surface area contributed by atoms with Gasteiger partial charge in [-0.2, -0.15) is 0 Å². The predicted molar refractivity (Wildman–Crippen MR) is 81.2 cm³/mol. The van der Waals surface area contributed by atoms with Gasteiger partial charge >= 0.3 is 0 Å². The van der Waals surface area contributed by atoms with Crippen molar-refractivity contribution in [3.05, 3.63) is 46.5 Å². The van der Waals surface area contributed by atoms with Crippen LogP contribution in [0.5, 0.6) is 0 Å². The van der Waals surface area contributed by atoms with Crippen LogP contribution in [-0.2, 0) is 4.79 Å². The molecule has 1 aliphatic rings. The van der Waals surface area contributed by atoms with Crippen LogP contribution in [-0.4, -0.2) is 34.8 Å². The largest absolute Gasteiger partial charge is 0.337 e. The van der Waals surface area contributed by atoms with Crippen molar-refractivity contribution < 1.29 is 18.4 Å². The van der Waals surface area contributed by atoms with Crippen LogP contribution in [0.3, 0.4) is 0 Å². The Morgan fingerprint density at radius 1 is 1.30 bits per heavy atom. The fourth-order valence-electron chi connectivity index (χ4n) is 2.24. The number of halogens is 2. The van der Waals surface area contributed by atoms with E-state index >= 15 is 0 Å². The van der Waals surface area contributed by atoms with Crippen LogP contribution in [0.2, 0.25) is 0 Å². The minimum atomic E-state index is -1.06. The number of carbonyl (C=O) groups excluding carboxylic acids is 2. The summed E-state index contributed by atoms with van der Waals surface area (Å²) < 4.78 is 26.0. The zero-order valence-electron chi connectivity index (χ0n) is 12.2. The number of anilines is 1. The van der Waals surface area contributed by atoms with Crippen LogP contribution < -0.4 is 5.32 Å². The molecule has 1 aliphatic heterocycles. The van der Waals surface area contributed by atoms with Crippen LogP contribution in [0.4, 0.5) is 13.9 Å². The highest BCUT2D eigenvalue weighted by Crippen LogP contribution is 2.23. The Bertz CT molecular complexity index is 772. The molecule has 1 fully saturated rings. The van der Waals surface area contributed by atoms with Gasteiger partial charge in [0, 0.05) is 29.7 Å². The van der Waals surface area contributed by atoms with Crippen molar-refractivity contribution in [2.24, 2.45) is 5.92 Å². The first-order chi connectivity index (χ1) is 10.9. The zero-order chi connectivity index (χ0) is 16.6. The van der Waals surface area contributed by atoms with E-state index in [0.717, 1.165) is 17.0 Å².